The molecule has 2 aromatic rings. The molecule has 0 aromatic heterocycles. The van der Waals surface area contributed by atoms with Gasteiger partial charge in [0.15, 0.2) is 0 Å². The molecule has 1 atom stereocenters. The van der Waals surface area contributed by atoms with Crippen LogP contribution < -0.4 is 5.32 Å². The van der Waals surface area contributed by atoms with Gasteiger partial charge in [0.1, 0.15) is 0 Å². The van der Waals surface area contributed by atoms with Crippen LogP contribution >= 0.6 is 15.9 Å². The maximum atomic E-state index is 12.8. The Kier molecular flexibility index (Phi) is 4.91. The third-order valence-corrected chi connectivity index (χ3v) is 5.03. The van der Waals surface area contributed by atoms with Crippen LogP contribution in [0.3, 0.4) is 0 Å². The molecule has 0 heterocycles. The predicted octanol–water partition coefficient (Wildman–Crippen LogP) is 5.84. The average molecular weight is 412 g/mol. The SMILES string of the molecule is C[C@H](NC(=O)c1ccc(C2CC2)c(Br)c1)c1cccc(C(F)(F)F)c1. The van der Waals surface area contributed by atoms with Crippen molar-refractivity contribution < 1.29 is 18.0 Å². The number of alkyl halides is 3. The zero-order valence-corrected chi connectivity index (χ0v) is 15.1. The highest BCUT2D eigenvalue weighted by Crippen LogP contribution is 2.43. The highest BCUT2D eigenvalue weighted by molar-refractivity contribution is 9.10. The lowest BCUT2D eigenvalue weighted by Gasteiger charge is -2.16. The number of carbonyl (C=O) groups excluding carboxylic acids is 1. The van der Waals surface area contributed by atoms with Crippen molar-refractivity contribution in [3.05, 3.63) is 69.2 Å². The van der Waals surface area contributed by atoms with Gasteiger partial charge in [-0.1, -0.05) is 34.1 Å². The highest BCUT2D eigenvalue weighted by atomic mass is 79.9. The van der Waals surface area contributed by atoms with E-state index >= 15 is 0 Å². The Morgan fingerprint density at radius 2 is 1.92 bits per heavy atom. The number of amides is 1. The van der Waals surface area contributed by atoms with Gasteiger partial charge in [-0.3, -0.25) is 4.79 Å². The second kappa shape index (κ2) is 6.83. The van der Waals surface area contributed by atoms with Crippen molar-refractivity contribution in [1.29, 1.82) is 0 Å². The van der Waals surface area contributed by atoms with Crippen LogP contribution in [0.2, 0.25) is 0 Å². The van der Waals surface area contributed by atoms with E-state index in [0.717, 1.165) is 29.4 Å². The minimum absolute atomic E-state index is 0.312. The van der Waals surface area contributed by atoms with E-state index in [1.807, 2.05) is 6.07 Å². The van der Waals surface area contributed by atoms with Crippen LogP contribution in [0.5, 0.6) is 0 Å². The molecule has 3 rings (SSSR count). The zero-order chi connectivity index (χ0) is 18.2. The first kappa shape index (κ1) is 18.0. The van der Waals surface area contributed by atoms with Crippen LogP contribution in [-0.4, -0.2) is 5.91 Å². The summed E-state index contributed by atoms with van der Waals surface area (Å²) < 4.78 is 39.4. The van der Waals surface area contributed by atoms with Crippen LogP contribution in [0, 0.1) is 0 Å². The molecule has 1 aliphatic carbocycles. The molecule has 0 radical (unpaired) electrons. The lowest BCUT2D eigenvalue weighted by Crippen LogP contribution is -2.27. The zero-order valence-electron chi connectivity index (χ0n) is 13.5. The number of hydrogen-bond acceptors (Lipinski definition) is 1. The highest BCUT2D eigenvalue weighted by Gasteiger charge is 2.31. The molecule has 1 amide bonds. The first-order chi connectivity index (χ1) is 11.8. The first-order valence-electron chi connectivity index (χ1n) is 8.03. The smallest absolute Gasteiger partial charge is 0.346 e. The number of rotatable bonds is 4. The molecule has 0 bridgehead atoms. The van der Waals surface area contributed by atoms with Gasteiger partial charge in [-0.05, 0) is 61.1 Å². The molecule has 25 heavy (non-hydrogen) atoms. The molecule has 2 aromatic carbocycles. The van der Waals surface area contributed by atoms with E-state index in [0.29, 0.717) is 17.0 Å². The predicted molar refractivity (Wildman–Crippen MR) is 93.4 cm³/mol. The normalized spacial score (nSPS) is 15.7. The Morgan fingerprint density at radius 3 is 2.52 bits per heavy atom. The minimum atomic E-state index is -4.40. The van der Waals surface area contributed by atoms with Crippen molar-refractivity contribution in [2.45, 2.75) is 37.9 Å². The molecular formula is C19H17BrF3NO. The fourth-order valence-corrected chi connectivity index (χ4v) is 3.44. The Balaban J connectivity index is 1.73. The van der Waals surface area contributed by atoms with Crippen LogP contribution in [0.1, 0.15) is 58.8 Å². The molecule has 0 spiro atoms. The Bertz CT molecular complexity index is 799. The van der Waals surface area contributed by atoms with Crippen LogP contribution in [0.4, 0.5) is 13.2 Å². The van der Waals surface area contributed by atoms with Gasteiger partial charge >= 0.3 is 6.18 Å². The molecule has 0 aliphatic heterocycles. The van der Waals surface area contributed by atoms with Crippen molar-refractivity contribution in [1.82, 2.24) is 5.32 Å². The van der Waals surface area contributed by atoms with E-state index in [9.17, 15) is 18.0 Å². The largest absolute Gasteiger partial charge is 0.416 e. The molecule has 1 fully saturated rings. The summed E-state index contributed by atoms with van der Waals surface area (Å²) >= 11 is 3.49. The third kappa shape index (κ3) is 4.24. The molecule has 2 nitrogen and oxygen atoms in total. The van der Waals surface area contributed by atoms with Gasteiger partial charge in [0, 0.05) is 10.0 Å². The molecule has 1 aliphatic rings. The van der Waals surface area contributed by atoms with Crippen molar-refractivity contribution in [2.24, 2.45) is 0 Å². The van der Waals surface area contributed by atoms with Crippen LogP contribution in [-0.2, 0) is 6.18 Å². The molecule has 0 unspecified atom stereocenters. The van der Waals surface area contributed by atoms with E-state index in [1.54, 1.807) is 25.1 Å². The van der Waals surface area contributed by atoms with Crippen LogP contribution in [0.25, 0.3) is 0 Å². The standard InChI is InChI=1S/C19H17BrF3NO/c1-11(13-3-2-4-15(9-13)19(21,22)23)24-18(25)14-7-8-16(12-5-6-12)17(20)10-14/h2-4,7-12H,5-6H2,1H3,(H,24,25)/t11-/m0/s1. The molecular weight excluding hydrogens is 395 g/mol. The fourth-order valence-electron chi connectivity index (χ4n) is 2.74. The quantitative estimate of drug-likeness (QED) is 0.672. The summed E-state index contributed by atoms with van der Waals surface area (Å²) in [5.41, 5.74) is 1.37. The summed E-state index contributed by atoms with van der Waals surface area (Å²) in [7, 11) is 0. The summed E-state index contributed by atoms with van der Waals surface area (Å²) in [6, 6.07) is 9.94. The molecule has 0 saturated heterocycles. The van der Waals surface area contributed by atoms with Gasteiger partial charge in [-0.25, -0.2) is 0 Å². The van der Waals surface area contributed by atoms with Gasteiger partial charge < -0.3 is 5.32 Å². The number of benzene rings is 2. The average Bonchev–Trinajstić information content (AvgIpc) is 3.38. The van der Waals surface area contributed by atoms with Gasteiger partial charge in [-0.2, -0.15) is 13.2 Å². The number of nitrogens with one attached hydrogen (secondary N) is 1. The van der Waals surface area contributed by atoms with Gasteiger partial charge in [0.25, 0.3) is 5.91 Å². The van der Waals surface area contributed by atoms with Gasteiger partial charge in [0.2, 0.25) is 0 Å². The lowest BCUT2D eigenvalue weighted by atomic mass is 10.0. The molecule has 1 N–H and O–H groups in total. The third-order valence-electron chi connectivity index (χ3n) is 4.34. The number of hydrogen-bond donors (Lipinski definition) is 1. The van der Waals surface area contributed by atoms with E-state index in [4.69, 9.17) is 0 Å². The van der Waals surface area contributed by atoms with Gasteiger partial charge in [0.05, 0.1) is 11.6 Å². The van der Waals surface area contributed by atoms with Crippen molar-refractivity contribution in [3.63, 3.8) is 0 Å². The fraction of sp³-hybridized carbons (Fsp3) is 0.316. The van der Waals surface area contributed by atoms with Crippen molar-refractivity contribution in [3.8, 4) is 0 Å². The van der Waals surface area contributed by atoms with E-state index < -0.39 is 17.8 Å². The second-order valence-electron chi connectivity index (χ2n) is 6.33. The van der Waals surface area contributed by atoms with E-state index in [1.165, 1.54) is 11.6 Å². The molecule has 6 heteroatoms. The van der Waals surface area contributed by atoms with Crippen LogP contribution in [0.15, 0.2) is 46.9 Å². The monoisotopic (exact) mass is 411 g/mol. The lowest BCUT2D eigenvalue weighted by molar-refractivity contribution is -0.137. The molecule has 132 valence electrons. The summed E-state index contributed by atoms with van der Waals surface area (Å²) in [6.07, 6.45) is -2.07. The number of halogens is 4. The Hall–Kier alpha value is -1.82. The van der Waals surface area contributed by atoms with Crippen molar-refractivity contribution in [2.75, 3.05) is 0 Å². The second-order valence-corrected chi connectivity index (χ2v) is 7.18. The minimum Gasteiger partial charge on any atom is -0.346 e. The topological polar surface area (TPSA) is 29.1 Å². The summed E-state index contributed by atoms with van der Waals surface area (Å²) in [5, 5.41) is 2.76. The van der Waals surface area contributed by atoms with E-state index in [-0.39, 0.29) is 5.91 Å². The number of carbonyl (C=O) groups is 1. The molecule has 1 saturated carbocycles. The Morgan fingerprint density at radius 1 is 1.20 bits per heavy atom. The summed E-state index contributed by atoms with van der Waals surface area (Å²) in [5.74, 6) is 0.253. The maximum Gasteiger partial charge on any atom is 0.416 e. The van der Waals surface area contributed by atoms with Gasteiger partial charge in [-0.15, -0.1) is 0 Å². The maximum absolute atomic E-state index is 12.8. The summed E-state index contributed by atoms with van der Waals surface area (Å²) in [4.78, 5) is 12.4. The van der Waals surface area contributed by atoms with Crippen molar-refractivity contribution >= 4 is 21.8 Å². The van der Waals surface area contributed by atoms with E-state index in [2.05, 4.69) is 21.2 Å². The first-order valence-corrected chi connectivity index (χ1v) is 8.82. The Labute approximate surface area is 152 Å². The summed E-state index contributed by atoms with van der Waals surface area (Å²) in [6.45, 7) is 1.67.